The van der Waals surface area contributed by atoms with Crippen LogP contribution in [0.25, 0.3) is 0 Å². The summed E-state index contributed by atoms with van der Waals surface area (Å²) in [7, 11) is 0. The lowest BCUT2D eigenvalue weighted by atomic mass is 9.86. The number of unbranched alkanes of at least 4 members (excludes halogenated alkanes) is 3. The summed E-state index contributed by atoms with van der Waals surface area (Å²) in [6, 6.07) is 0. The highest BCUT2D eigenvalue weighted by Crippen LogP contribution is 2.24. The zero-order valence-electron chi connectivity index (χ0n) is 12.2. The molecular weight excluding hydrogens is 224 g/mol. The summed E-state index contributed by atoms with van der Waals surface area (Å²) in [6.45, 7) is 7.31. The number of likely N-dealkylation sites (tertiary alicyclic amines) is 1. The summed E-state index contributed by atoms with van der Waals surface area (Å²) in [5.41, 5.74) is 5.45. The number of hydrogen-bond donors (Lipinski definition) is 1. The average Bonchev–Trinajstić information content (AvgIpc) is 2.38. The molecule has 1 aliphatic rings. The first kappa shape index (κ1) is 15.5. The lowest BCUT2D eigenvalue weighted by Gasteiger charge is -2.34. The number of carbonyl (C=O) groups excluding carboxylic acids is 1. The number of nitrogens with two attached hydrogens (primary N) is 1. The highest BCUT2D eigenvalue weighted by molar-refractivity contribution is 5.76. The number of amides is 1. The smallest absolute Gasteiger partial charge is 0.222 e. The van der Waals surface area contributed by atoms with E-state index in [0.717, 1.165) is 57.2 Å². The van der Waals surface area contributed by atoms with E-state index in [2.05, 4.69) is 18.7 Å². The van der Waals surface area contributed by atoms with Crippen LogP contribution in [0.2, 0.25) is 0 Å². The second-order valence-corrected chi connectivity index (χ2v) is 5.92. The van der Waals surface area contributed by atoms with Crippen molar-refractivity contribution < 1.29 is 4.79 Å². The van der Waals surface area contributed by atoms with E-state index in [4.69, 9.17) is 5.73 Å². The Kier molecular flexibility index (Phi) is 7.33. The van der Waals surface area contributed by atoms with Crippen molar-refractivity contribution in [1.29, 1.82) is 0 Å². The van der Waals surface area contributed by atoms with Crippen molar-refractivity contribution in [3.63, 3.8) is 0 Å². The van der Waals surface area contributed by atoms with E-state index >= 15 is 0 Å². The minimum absolute atomic E-state index is 0.366. The van der Waals surface area contributed by atoms with Gasteiger partial charge in [-0.1, -0.05) is 26.7 Å². The van der Waals surface area contributed by atoms with Crippen LogP contribution in [-0.4, -0.2) is 30.4 Å². The first-order chi connectivity index (χ1) is 8.65. The van der Waals surface area contributed by atoms with Crippen molar-refractivity contribution in [1.82, 2.24) is 4.90 Å². The molecule has 0 atom stereocenters. The number of hydrogen-bond acceptors (Lipinski definition) is 2. The summed E-state index contributed by atoms with van der Waals surface area (Å²) in [5.74, 6) is 1.95. The molecule has 3 nitrogen and oxygen atoms in total. The van der Waals surface area contributed by atoms with Gasteiger partial charge in [0.05, 0.1) is 0 Å². The maximum Gasteiger partial charge on any atom is 0.222 e. The second-order valence-electron chi connectivity index (χ2n) is 5.92. The third kappa shape index (κ3) is 5.38. The predicted molar refractivity (Wildman–Crippen MR) is 76.3 cm³/mol. The summed E-state index contributed by atoms with van der Waals surface area (Å²) in [6.07, 6.45) is 7.55. The van der Waals surface area contributed by atoms with Crippen molar-refractivity contribution in [3.8, 4) is 0 Å². The molecule has 1 saturated heterocycles. The van der Waals surface area contributed by atoms with Gasteiger partial charge in [0.2, 0.25) is 5.91 Å². The molecule has 0 aliphatic carbocycles. The maximum atomic E-state index is 12.0. The Labute approximate surface area is 112 Å². The van der Waals surface area contributed by atoms with E-state index in [1.54, 1.807) is 0 Å². The third-order valence-corrected chi connectivity index (χ3v) is 4.18. The molecule has 0 radical (unpaired) electrons. The number of piperidine rings is 1. The van der Waals surface area contributed by atoms with Crippen LogP contribution in [0, 0.1) is 11.8 Å². The van der Waals surface area contributed by atoms with Gasteiger partial charge < -0.3 is 10.6 Å². The zero-order chi connectivity index (χ0) is 13.4. The van der Waals surface area contributed by atoms with Crippen LogP contribution in [0.1, 0.15) is 58.8 Å². The predicted octanol–water partition coefficient (Wildman–Crippen LogP) is 2.79. The van der Waals surface area contributed by atoms with Crippen LogP contribution in [-0.2, 0) is 4.79 Å². The lowest BCUT2D eigenvalue weighted by molar-refractivity contribution is -0.132. The second kappa shape index (κ2) is 8.52. The van der Waals surface area contributed by atoms with Crippen molar-refractivity contribution >= 4 is 5.91 Å². The number of carbonyl (C=O) groups is 1. The minimum Gasteiger partial charge on any atom is -0.343 e. The van der Waals surface area contributed by atoms with Gasteiger partial charge in [-0.25, -0.2) is 0 Å². The average molecular weight is 254 g/mol. The molecule has 0 aromatic heterocycles. The normalized spacial score (nSPS) is 17.4. The Morgan fingerprint density at radius 2 is 1.78 bits per heavy atom. The monoisotopic (exact) mass is 254 g/mol. The Bertz CT molecular complexity index is 233. The molecule has 1 rings (SSSR count). The van der Waals surface area contributed by atoms with Crippen LogP contribution in [0.4, 0.5) is 0 Å². The van der Waals surface area contributed by atoms with Crippen LogP contribution < -0.4 is 5.73 Å². The molecule has 106 valence electrons. The number of nitrogens with zero attached hydrogens (tertiary/aromatic N) is 1. The summed E-state index contributed by atoms with van der Waals surface area (Å²) >= 11 is 0. The van der Waals surface area contributed by atoms with E-state index in [0.29, 0.717) is 5.91 Å². The van der Waals surface area contributed by atoms with Crippen LogP contribution in [0.15, 0.2) is 0 Å². The molecule has 0 spiro atoms. The highest BCUT2D eigenvalue weighted by Gasteiger charge is 2.23. The molecule has 1 amide bonds. The molecule has 0 aromatic carbocycles. The highest BCUT2D eigenvalue weighted by atomic mass is 16.2. The first-order valence-corrected chi connectivity index (χ1v) is 7.63. The molecule has 0 unspecified atom stereocenters. The molecule has 18 heavy (non-hydrogen) atoms. The zero-order valence-corrected chi connectivity index (χ0v) is 12.2. The van der Waals surface area contributed by atoms with Crippen molar-refractivity contribution in [2.45, 2.75) is 58.8 Å². The van der Waals surface area contributed by atoms with Gasteiger partial charge in [0.1, 0.15) is 0 Å². The molecule has 0 aromatic rings. The summed E-state index contributed by atoms with van der Waals surface area (Å²) in [5, 5.41) is 0. The molecule has 1 heterocycles. The van der Waals surface area contributed by atoms with Gasteiger partial charge in [-0.15, -0.1) is 0 Å². The van der Waals surface area contributed by atoms with Gasteiger partial charge in [0.15, 0.2) is 0 Å². The maximum absolute atomic E-state index is 12.0. The lowest BCUT2D eigenvalue weighted by Crippen LogP contribution is -2.39. The van der Waals surface area contributed by atoms with Crippen molar-refractivity contribution in [2.75, 3.05) is 19.6 Å². The van der Waals surface area contributed by atoms with Gasteiger partial charge in [0, 0.05) is 19.5 Å². The quantitative estimate of drug-likeness (QED) is 0.710. The molecule has 0 bridgehead atoms. The van der Waals surface area contributed by atoms with Crippen molar-refractivity contribution in [2.24, 2.45) is 17.6 Å². The fourth-order valence-electron chi connectivity index (χ4n) is 2.75. The van der Waals surface area contributed by atoms with Crippen LogP contribution in [0.3, 0.4) is 0 Å². The standard InChI is InChI=1S/C15H30N2O/c1-13(2)14-8-11-17(12-9-14)15(18)7-5-3-4-6-10-16/h13-14H,3-12,16H2,1-2H3. The molecule has 2 N–H and O–H groups in total. The number of rotatable bonds is 7. The van der Waals surface area contributed by atoms with E-state index in [9.17, 15) is 4.79 Å². The molecular formula is C15H30N2O. The summed E-state index contributed by atoms with van der Waals surface area (Å²) < 4.78 is 0. The Morgan fingerprint density at radius 1 is 1.17 bits per heavy atom. The van der Waals surface area contributed by atoms with E-state index < -0.39 is 0 Å². The molecule has 3 heteroatoms. The van der Waals surface area contributed by atoms with Gasteiger partial charge in [-0.3, -0.25) is 4.79 Å². The minimum atomic E-state index is 0.366. The van der Waals surface area contributed by atoms with E-state index in [-0.39, 0.29) is 0 Å². The van der Waals surface area contributed by atoms with Crippen molar-refractivity contribution in [3.05, 3.63) is 0 Å². The van der Waals surface area contributed by atoms with Crippen LogP contribution in [0.5, 0.6) is 0 Å². The Hall–Kier alpha value is -0.570. The Balaban J connectivity index is 2.12. The third-order valence-electron chi connectivity index (χ3n) is 4.18. The van der Waals surface area contributed by atoms with Gasteiger partial charge in [-0.2, -0.15) is 0 Å². The SMILES string of the molecule is CC(C)C1CCN(C(=O)CCCCCCN)CC1. The largest absolute Gasteiger partial charge is 0.343 e. The Morgan fingerprint density at radius 3 is 2.33 bits per heavy atom. The topological polar surface area (TPSA) is 46.3 Å². The van der Waals surface area contributed by atoms with Crippen LogP contribution >= 0.6 is 0 Å². The van der Waals surface area contributed by atoms with Gasteiger partial charge in [-0.05, 0) is 44.1 Å². The summed E-state index contributed by atoms with van der Waals surface area (Å²) in [4.78, 5) is 14.1. The van der Waals surface area contributed by atoms with Gasteiger partial charge in [0.25, 0.3) is 0 Å². The molecule has 1 aliphatic heterocycles. The molecule has 1 fully saturated rings. The molecule has 0 saturated carbocycles. The first-order valence-electron chi connectivity index (χ1n) is 7.63. The fraction of sp³-hybridized carbons (Fsp3) is 0.933. The fourth-order valence-corrected chi connectivity index (χ4v) is 2.75. The van der Waals surface area contributed by atoms with E-state index in [1.165, 1.54) is 19.3 Å². The van der Waals surface area contributed by atoms with E-state index in [1.807, 2.05) is 0 Å². The van der Waals surface area contributed by atoms with Gasteiger partial charge >= 0.3 is 0 Å².